The van der Waals surface area contributed by atoms with Crippen LogP contribution in [-0.2, 0) is 0 Å². The number of amides is 2. The normalized spacial score (nSPS) is 28.6. The molecule has 0 aliphatic carbocycles. The van der Waals surface area contributed by atoms with Crippen LogP contribution in [0.3, 0.4) is 0 Å². The molecule has 2 unspecified atom stereocenters. The standard InChI is InChI=1S/C16H31N3O2/c1-3-4-8-18-9-6-14(7-10-18)17-16(21)19-11-5-13(2)15(20)12-19/h13-15,20H,3-12H2,1-2H3,(H,17,21). The minimum absolute atomic E-state index is 0.00737. The number of unbranched alkanes of at least 4 members (excludes halogenated alkanes) is 1. The summed E-state index contributed by atoms with van der Waals surface area (Å²) in [6.45, 7) is 8.87. The van der Waals surface area contributed by atoms with Crippen LogP contribution in [0.25, 0.3) is 0 Å². The van der Waals surface area contributed by atoms with Crippen molar-refractivity contribution < 1.29 is 9.90 Å². The lowest BCUT2D eigenvalue weighted by Gasteiger charge is -2.37. The molecule has 2 aliphatic heterocycles. The topological polar surface area (TPSA) is 55.8 Å². The van der Waals surface area contributed by atoms with Gasteiger partial charge in [-0.2, -0.15) is 0 Å². The van der Waals surface area contributed by atoms with Crippen molar-refractivity contribution in [1.82, 2.24) is 15.1 Å². The summed E-state index contributed by atoms with van der Waals surface area (Å²) < 4.78 is 0. The molecule has 0 aromatic carbocycles. The van der Waals surface area contributed by atoms with Crippen molar-refractivity contribution in [2.75, 3.05) is 32.7 Å². The summed E-state index contributed by atoms with van der Waals surface area (Å²) in [5.41, 5.74) is 0. The molecular formula is C16H31N3O2. The number of rotatable bonds is 4. The number of urea groups is 1. The molecule has 2 N–H and O–H groups in total. The van der Waals surface area contributed by atoms with Crippen LogP contribution in [0, 0.1) is 5.92 Å². The van der Waals surface area contributed by atoms with Crippen molar-refractivity contribution in [2.24, 2.45) is 5.92 Å². The maximum absolute atomic E-state index is 12.3. The van der Waals surface area contributed by atoms with Gasteiger partial charge >= 0.3 is 6.03 Å². The molecule has 5 heteroatoms. The summed E-state index contributed by atoms with van der Waals surface area (Å²) >= 11 is 0. The fourth-order valence-corrected chi connectivity index (χ4v) is 3.18. The minimum Gasteiger partial charge on any atom is -0.391 e. The summed E-state index contributed by atoms with van der Waals surface area (Å²) in [6, 6.07) is 0.305. The van der Waals surface area contributed by atoms with Crippen LogP contribution >= 0.6 is 0 Å². The summed E-state index contributed by atoms with van der Waals surface area (Å²) in [6.07, 6.45) is 5.11. The van der Waals surface area contributed by atoms with Gasteiger partial charge < -0.3 is 20.2 Å². The van der Waals surface area contributed by atoms with E-state index in [-0.39, 0.29) is 12.1 Å². The molecule has 0 aromatic heterocycles. The predicted octanol–water partition coefficient (Wildman–Crippen LogP) is 1.66. The highest BCUT2D eigenvalue weighted by molar-refractivity contribution is 5.74. The number of likely N-dealkylation sites (tertiary alicyclic amines) is 2. The van der Waals surface area contributed by atoms with Crippen LogP contribution in [0.15, 0.2) is 0 Å². The lowest BCUT2D eigenvalue weighted by molar-refractivity contribution is 0.0423. The van der Waals surface area contributed by atoms with E-state index in [1.54, 1.807) is 4.90 Å². The van der Waals surface area contributed by atoms with Crippen molar-refractivity contribution in [3.8, 4) is 0 Å². The quantitative estimate of drug-likeness (QED) is 0.830. The van der Waals surface area contributed by atoms with E-state index in [1.807, 2.05) is 6.92 Å². The third-order valence-electron chi connectivity index (χ3n) is 4.95. The second-order valence-electron chi connectivity index (χ2n) is 6.70. The molecule has 2 atom stereocenters. The molecule has 2 heterocycles. The van der Waals surface area contributed by atoms with E-state index in [9.17, 15) is 9.90 Å². The third kappa shape index (κ3) is 4.85. The molecule has 0 spiro atoms. The molecule has 0 bridgehead atoms. The molecule has 2 fully saturated rings. The number of nitrogens with zero attached hydrogens (tertiary/aromatic N) is 2. The Morgan fingerprint density at radius 2 is 1.95 bits per heavy atom. The Balaban J connectivity index is 1.69. The van der Waals surface area contributed by atoms with Crippen LogP contribution < -0.4 is 5.32 Å². The Kier molecular flexibility index (Phi) is 6.30. The fraction of sp³-hybridized carbons (Fsp3) is 0.938. The van der Waals surface area contributed by atoms with Gasteiger partial charge in [0.2, 0.25) is 0 Å². The molecule has 0 radical (unpaired) electrons. The zero-order valence-electron chi connectivity index (χ0n) is 13.6. The third-order valence-corrected chi connectivity index (χ3v) is 4.95. The van der Waals surface area contributed by atoms with E-state index in [0.717, 1.165) is 38.9 Å². The smallest absolute Gasteiger partial charge is 0.317 e. The van der Waals surface area contributed by atoms with Crippen molar-refractivity contribution in [3.63, 3.8) is 0 Å². The average Bonchev–Trinajstić information content (AvgIpc) is 2.49. The Hall–Kier alpha value is -0.810. The van der Waals surface area contributed by atoms with Crippen molar-refractivity contribution in [1.29, 1.82) is 0 Å². The number of carbonyl (C=O) groups excluding carboxylic acids is 1. The van der Waals surface area contributed by atoms with Gasteiger partial charge in [-0.15, -0.1) is 0 Å². The number of β-amino-alcohol motifs (C(OH)–C–C–N with tert-alkyl or cyclic N) is 1. The van der Waals surface area contributed by atoms with E-state index in [0.29, 0.717) is 18.5 Å². The molecule has 2 aliphatic rings. The van der Waals surface area contributed by atoms with Gasteiger partial charge in [-0.3, -0.25) is 0 Å². The first-order valence-electron chi connectivity index (χ1n) is 8.56. The Morgan fingerprint density at radius 3 is 2.57 bits per heavy atom. The molecular weight excluding hydrogens is 266 g/mol. The van der Waals surface area contributed by atoms with Gasteiger partial charge in [-0.1, -0.05) is 20.3 Å². The SMILES string of the molecule is CCCCN1CCC(NC(=O)N2CCC(C)C(O)C2)CC1. The maximum atomic E-state index is 12.3. The number of piperidine rings is 2. The Bertz CT molecular complexity index is 329. The largest absolute Gasteiger partial charge is 0.391 e. The van der Waals surface area contributed by atoms with E-state index >= 15 is 0 Å². The zero-order valence-corrected chi connectivity index (χ0v) is 13.6. The highest BCUT2D eigenvalue weighted by Crippen LogP contribution is 2.18. The first-order valence-corrected chi connectivity index (χ1v) is 8.56. The monoisotopic (exact) mass is 297 g/mol. The molecule has 0 saturated carbocycles. The molecule has 2 saturated heterocycles. The number of nitrogens with one attached hydrogen (secondary N) is 1. The summed E-state index contributed by atoms with van der Waals surface area (Å²) in [5.74, 6) is 0.302. The Morgan fingerprint density at radius 1 is 1.24 bits per heavy atom. The zero-order chi connectivity index (χ0) is 15.2. The second-order valence-corrected chi connectivity index (χ2v) is 6.70. The highest BCUT2D eigenvalue weighted by atomic mass is 16.3. The molecule has 0 aromatic rings. The fourth-order valence-electron chi connectivity index (χ4n) is 3.18. The number of carbonyl (C=O) groups is 1. The number of hydrogen-bond acceptors (Lipinski definition) is 3. The average molecular weight is 297 g/mol. The first kappa shape index (κ1) is 16.6. The van der Waals surface area contributed by atoms with Crippen LogP contribution in [0.2, 0.25) is 0 Å². The van der Waals surface area contributed by atoms with E-state index < -0.39 is 0 Å². The van der Waals surface area contributed by atoms with Crippen LogP contribution in [-0.4, -0.2) is 65.8 Å². The first-order chi connectivity index (χ1) is 10.1. The highest BCUT2D eigenvalue weighted by Gasteiger charge is 2.29. The van der Waals surface area contributed by atoms with E-state index in [1.165, 1.54) is 19.4 Å². The van der Waals surface area contributed by atoms with Gasteiger partial charge in [0.15, 0.2) is 0 Å². The number of aliphatic hydroxyl groups is 1. The summed E-state index contributed by atoms with van der Waals surface area (Å²) in [5, 5.41) is 13.0. The molecule has 5 nitrogen and oxygen atoms in total. The lowest BCUT2D eigenvalue weighted by atomic mass is 9.96. The van der Waals surface area contributed by atoms with E-state index in [4.69, 9.17) is 0 Å². The maximum Gasteiger partial charge on any atom is 0.317 e. The minimum atomic E-state index is -0.375. The lowest BCUT2D eigenvalue weighted by Crippen LogP contribution is -2.53. The van der Waals surface area contributed by atoms with Crippen LogP contribution in [0.4, 0.5) is 4.79 Å². The second kappa shape index (κ2) is 7.99. The van der Waals surface area contributed by atoms with E-state index in [2.05, 4.69) is 17.1 Å². The van der Waals surface area contributed by atoms with Gasteiger partial charge in [0, 0.05) is 32.2 Å². The summed E-state index contributed by atoms with van der Waals surface area (Å²) in [4.78, 5) is 16.5. The van der Waals surface area contributed by atoms with Gasteiger partial charge in [-0.25, -0.2) is 4.79 Å². The number of hydrogen-bond donors (Lipinski definition) is 2. The summed E-state index contributed by atoms with van der Waals surface area (Å²) in [7, 11) is 0. The molecule has 2 amide bonds. The molecule has 2 rings (SSSR count). The van der Waals surface area contributed by atoms with Gasteiger partial charge in [0.05, 0.1) is 6.10 Å². The van der Waals surface area contributed by atoms with Crippen molar-refractivity contribution in [3.05, 3.63) is 0 Å². The molecule has 122 valence electrons. The predicted molar refractivity (Wildman–Crippen MR) is 84.3 cm³/mol. The Labute approximate surface area is 128 Å². The number of aliphatic hydroxyl groups excluding tert-OH is 1. The molecule has 21 heavy (non-hydrogen) atoms. The van der Waals surface area contributed by atoms with Crippen molar-refractivity contribution in [2.45, 2.75) is 58.1 Å². The van der Waals surface area contributed by atoms with Crippen LogP contribution in [0.1, 0.15) is 46.0 Å². The van der Waals surface area contributed by atoms with Gasteiger partial charge in [0.1, 0.15) is 0 Å². The van der Waals surface area contributed by atoms with Crippen LogP contribution in [0.5, 0.6) is 0 Å². The van der Waals surface area contributed by atoms with Gasteiger partial charge in [0.25, 0.3) is 0 Å². The van der Waals surface area contributed by atoms with Gasteiger partial charge in [-0.05, 0) is 38.1 Å². The van der Waals surface area contributed by atoms with Crippen molar-refractivity contribution >= 4 is 6.03 Å².